The average molecular weight is 385 g/mol. The van der Waals surface area contributed by atoms with E-state index in [1.807, 2.05) is 14.1 Å². The molecule has 0 atom stereocenters. The SMILES string of the molecule is CCCCCCCCCCCCCCCCCC(=O)ONCCCN(C)C. The monoisotopic (exact) mass is 384 g/mol. The molecule has 0 saturated carbocycles. The zero-order valence-corrected chi connectivity index (χ0v) is 18.7. The quantitative estimate of drug-likeness (QED) is 0.188. The highest BCUT2D eigenvalue weighted by Gasteiger charge is 2.02. The van der Waals surface area contributed by atoms with Gasteiger partial charge in [-0.05, 0) is 33.5 Å². The molecule has 0 unspecified atom stereocenters. The molecule has 4 heteroatoms. The van der Waals surface area contributed by atoms with Gasteiger partial charge in [0.25, 0.3) is 0 Å². The van der Waals surface area contributed by atoms with Gasteiger partial charge in [-0.15, -0.1) is 0 Å². The molecule has 1 N–H and O–H groups in total. The van der Waals surface area contributed by atoms with Crippen molar-refractivity contribution in [2.24, 2.45) is 0 Å². The molecule has 0 saturated heterocycles. The molecule has 27 heavy (non-hydrogen) atoms. The highest BCUT2D eigenvalue weighted by molar-refractivity contribution is 5.68. The summed E-state index contributed by atoms with van der Waals surface area (Å²) in [5, 5.41) is 0. The second-order valence-corrected chi connectivity index (χ2v) is 8.22. The number of carbonyl (C=O) groups excluding carboxylic acids is 1. The third kappa shape index (κ3) is 23.4. The van der Waals surface area contributed by atoms with Crippen LogP contribution in [0.2, 0.25) is 0 Å². The summed E-state index contributed by atoms with van der Waals surface area (Å²) in [7, 11) is 4.09. The van der Waals surface area contributed by atoms with Gasteiger partial charge in [0.05, 0.1) is 0 Å². The summed E-state index contributed by atoms with van der Waals surface area (Å²) in [5.41, 5.74) is 2.77. The van der Waals surface area contributed by atoms with Crippen LogP contribution in [-0.4, -0.2) is 38.1 Å². The first-order valence-electron chi connectivity index (χ1n) is 11.7. The first kappa shape index (κ1) is 26.4. The fourth-order valence-electron chi connectivity index (χ4n) is 3.29. The minimum atomic E-state index is -0.116. The van der Waals surface area contributed by atoms with Crippen molar-refractivity contribution in [3.63, 3.8) is 0 Å². The van der Waals surface area contributed by atoms with Gasteiger partial charge in [0.1, 0.15) is 0 Å². The van der Waals surface area contributed by atoms with E-state index >= 15 is 0 Å². The normalized spacial score (nSPS) is 11.3. The molecule has 0 amide bonds. The van der Waals surface area contributed by atoms with Crippen LogP contribution in [0.5, 0.6) is 0 Å². The molecule has 0 aliphatic rings. The predicted molar refractivity (Wildman–Crippen MR) is 117 cm³/mol. The Labute approximate surface area is 169 Å². The van der Waals surface area contributed by atoms with E-state index in [1.54, 1.807) is 0 Å². The van der Waals surface area contributed by atoms with E-state index in [4.69, 9.17) is 4.84 Å². The Morgan fingerprint density at radius 1 is 0.704 bits per heavy atom. The largest absolute Gasteiger partial charge is 0.371 e. The second-order valence-electron chi connectivity index (χ2n) is 8.22. The maximum Gasteiger partial charge on any atom is 0.324 e. The van der Waals surface area contributed by atoms with E-state index < -0.39 is 0 Å². The van der Waals surface area contributed by atoms with Gasteiger partial charge >= 0.3 is 5.97 Å². The summed E-state index contributed by atoms with van der Waals surface area (Å²) in [6.45, 7) is 4.01. The third-order valence-electron chi connectivity index (χ3n) is 5.05. The Bertz CT molecular complexity index is 309. The number of unbranched alkanes of at least 4 members (excludes halogenated alkanes) is 14. The van der Waals surface area contributed by atoms with Crippen LogP contribution in [0, 0.1) is 0 Å². The van der Waals surface area contributed by atoms with Crippen molar-refractivity contribution in [1.82, 2.24) is 10.4 Å². The van der Waals surface area contributed by atoms with Crippen molar-refractivity contribution in [1.29, 1.82) is 0 Å². The number of hydrogen-bond donors (Lipinski definition) is 1. The number of carbonyl (C=O) groups is 1. The molecule has 0 aromatic rings. The fourth-order valence-corrected chi connectivity index (χ4v) is 3.29. The molecule has 0 aromatic heterocycles. The lowest BCUT2D eigenvalue weighted by atomic mass is 10.0. The van der Waals surface area contributed by atoms with Crippen LogP contribution < -0.4 is 5.48 Å². The molecule has 0 aliphatic heterocycles. The van der Waals surface area contributed by atoms with Gasteiger partial charge in [-0.3, -0.25) is 4.79 Å². The number of nitrogens with zero attached hydrogens (tertiary/aromatic N) is 1. The summed E-state index contributed by atoms with van der Waals surface area (Å²) in [4.78, 5) is 18.7. The molecule has 0 bridgehead atoms. The molecule has 0 heterocycles. The fraction of sp³-hybridized carbons (Fsp3) is 0.957. The number of hydrogen-bond acceptors (Lipinski definition) is 4. The zero-order chi connectivity index (χ0) is 20.0. The van der Waals surface area contributed by atoms with Crippen LogP contribution >= 0.6 is 0 Å². The second kappa shape index (κ2) is 21.7. The first-order valence-corrected chi connectivity index (χ1v) is 11.7. The van der Waals surface area contributed by atoms with E-state index in [2.05, 4.69) is 17.3 Å². The van der Waals surface area contributed by atoms with E-state index in [-0.39, 0.29) is 5.97 Å². The van der Waals surface area contributed by atoms with Gasteiger partial charge in [0.2, 0.25) is 0 Å². The number of rotatable bonds is 21. The Hall–Kier alpha value is -0.610. The number of hydroxylamine groups is 1. The minimum absolute atomic E-state index is 0.116. The van der Waals surface area contributed by atoms with Crippen molar-refractivity contribution < 1.29 is 9.63 Å². The third-order valence-corrected chi connectivity index (χ3v) is 5.05. The Balaban J connectivity index is 3.12. The van der Waals surface area contributed by atoms with E-state index in [1.165, 1.54) is 83.5 Å². The van der Waals surface area contributed by atoms with Crippen LogP contribution in [0.3, 0.4) is 0 Å². The van der Waals surface area contributed by atoms with Crippen LogP contribution in [-0.2, 0) is 9.63 Å². The highest BCUT2D eigenvalue weighted by atomic mass is 16.7. The lowest BCUT2D eigenvalue weighted by Crippen LogP contribution is -2.24. The van der Waals surface area contributed by atoms with Crippen molar-refractivity contribution in [2.45, 2.75) is 116 Å². The van der Waals surface area contributed by atoms with Crippen molar-refractivity contribution in [3.05, 3.63) is 0 Å². The van der Waals surface area contributed by atoms with E-state index in [0.29, 0.717) is 6.42 Å². The minimum Gasteiger partial charge on any atom is -0.371 e. The van der Waals surface area contributed by atoms with Crippen molar-refractivity contribution >= 4 is 5.97 Å². The van der Waals surface area contributed by atoms with E-state index in [9.17, 15) is 4.79 Å². The average Bonchev–Trinajstić information content (AvgIpc) is 2.64. The maximum absolute atomic E-state index is 11.6. The lowest BCUT2D eigenvalue weighted by Gasteiger charge is -2.09. The van der Waals surface area contributed by atoms with Gasteiger partial charge in [-0.2, -0.15) is 5.48 Å². The lowest BCUT2D eigenvalue weighted by molar-refractivity contribution is -0.151. The van der Waals surface area contributed by atoms with E-state index in [0.717, 1.165) is 32.4 Å². The van der Waals surface area contributed by atoms with Gasteiger partial charge in [0, 0.05) is 13.0 Å². The van der Waals surface area contributed by atoms with Gasteiger partial charge in [-0.25, -0.2) is 0 Å². The zero-order valence-electron chi connectivity index (χ0n) is 18.7. The summed E-state index contributed by atoms with van der Waals surface area (Å²) in [6.07, 6.45) is 21.7. The van der Waals surface area contributed by atoms with Crippen LogP contribution in [0.4, 0.5) is 0 Å². The molecule has 0 fully saturated rings. The van der Waals surface area contributed by atoms with Gasteiger partial charge in [0.15, 0.2) is 0 Å². The van der Waals surface area contributed by atoms with Crippen molar-refractivity contribution in [3.8, 4) is 0 Å². The molecular formula is C23H48N2O2. The first-order chi connectivity index (χ1) is 13.2. The summed E-state index contributed by atoms with van der Waals surface area (Å²) in [5.74, 6) is -0.116. The summed E-state index contributed by atoms with van der Waals surface area (Å²) in [6, 6.07) is 0. The highest BCUT2D eigenvalue weighted by Crippen LogP contribution is 2.13. The Morgan fingerprint density at radius 3 is 1.59 bits per heavy atom. The standard InChI is InChI=1S/C23H48N2O2/c1-4-5-6-7-8-9-10-11-12-13-14-15-16-17-18-20-23(26)27-24-21-19-22-25(2)3/h24H,4-22H2,1-3H3. The smallest absolute Gasteiger partial charge is 0.324 e. The molecule has 0 aromatic carbocycles. The van der Waals surface area contributed by atoms with Gasteiger partial charge in [-0.1, -0.05) is 96.8 Å². The molecular weight excluding hydrogens is 336 g/mol. The number of nitrogens with one attached hydrogen (secondary N) is 1. The summed E-state index contributed by atoms with van der Waals surface area (Å²) < 4.78 is 0. The molecule has 0 radical (unpaired) electrons. The van der Waals surface area contributed by atoms with Crippen LogP contribution in [0.15, 0.2) is 0 Å². The molecule has 0 rings (SSSR count). The molecule has 162 valence electrons. The van der Waals surface area contributed by atoms with Crippen LogP contribution in [0.1, 0.15) is 116 Å². The molecule has 0 spiro atoms. The van der Waals surface area contributed by atoms with Gasteiger partial charge < -0.3 is 9.74 Å². The Morgan fingerprint density at radius 2 is 1.15 bits per heavy atom. The van der Waals surface area contributed by atoms with Crippen molar-refractivity contribution in [2.75, 3.05) is 27.2 Å². The molecule has 0 aliphatic carbocycles. The predicted octanol–water partition coefficient (Wildman–Crippen LogP) is 6.25. The van der Waals surface area contributed by atoms with Crippen LogP contribution in [0.25, 0.3) is 0 Å². The maximum atomic E-state index is 11.6. The summed E-state index contributed by atoms with van der Waals surface area (Å²) >= 11 is 0. The molecule has 4 nitrogen and oxygen atoms in total. The topological polar surface area (TPSA) is 41.6 Å². The Kier molecular flexibility index (Phi) is 21.2.